The normalized spacial score (nSPS) is 25.2. The van der Waals surface area contributed by atoms with E-state index in [1.54, 1.807) is 0 Å². The van der Waals surface area contributed by atoms with Crippen LogP contribution < -0.4 is 0 Å². The third kappa shape index (κ3) is 7.90. The highest BCUT2D eigenvalue weighted by atomic mass is 16.7. The summed E-state index contributed by atoms with van der Waals surface area (Å²) in [6.07, 6.45) is -0.413. The van der Waals surface area contributed by atoms with Gasteiger partial charge in [-0.3, -0.25) is 0 Å². The van der Waals surface area contributed by atoms with Crippen LogP contribution in [0.15, 0.2) is 73.3 Å². The van der Waals surface area contributed by atoms with Gasteiger partial charge in [0.05, 0.1) is 26.4 Å². The molecule has 4 rings (SSSR count). The van der Waals surface area contributed by atoms with Gasteiger partial charge in [0.15, 0.2) is 12.6 Å². The van der Waals surface area contributed by atoms with E-state index in [9.17, 15) is 4.79 Å². The molecule has 0 bridgehead atoms. The van der Waals surface area contributed by atoms with Gasteiger partial charge >= 0.3 is 5.97 Å². The van der Waals surface area contributed by atoms with Gasteiger partial charge in [-0.1, -0.05) is 74.7 Å². The monoisotopic (exact) mass is 430 g/mol. The second-order valence-electron chi connectivity index (χ2n) is 6.74. The average Bonchev–Trinajstić information content (AvgIpc) is 2.81. The highest BCUT2D eigenvalue weighted by Gasteiger charge is 2.25. The van der Waals surface area contributed by atoms with Gasteiger partial charge in [0.1, 0.15) is 12.2 Å². The molecule has 1 N–H and O–H groups in total. The summed E-state index contributed by atoms with van der Waals surface area (Å²) in [6.45, 7) is 4.69. The zero-order valence-corrected chi connectivity index (χ0v) is 16.6. The number of hydrogen-bond acceptors (Lipinski definition) is 7. The Hall–Kier alpha value is -2.55. The minimum atomic E-state index is -0.486. The highest BCUT2D eigenvalue weighted by Crippen LogP contribution is 2.24. The van der Waals surface area contributed by atoms with Crippen LogP contribution in [0.1, 0.15) is 31.1 Å². The van der Waals surface area contributed by atoms with Crippen LogP contribution in [0.3, 0.4) is 0 Å². The van der Waals surface area contributed by atoms with Crippen molar-refractivity contribution < 1.29 is 33.6 Å². The van der Waals surface area contributed by atoms with E-state index in [2.05, 4.69) is 6.58 Å². The lowest BCUT2D eigenvalue weighted by molar-refractivity contribution is -0.228. The smallest absolute Gasteiger partial charge is 0.330 e. The minimum Gasteiger partial charge on any atom is -0.454 e. The molecular weight excluding hydrogens is 400 g/mol. The number of benzene rings is 2. The molecule has 0 unspecified atom stereocenters. The number of hydrogen-bond donors (Lipinski definition) is 1. The van der Waals surface area contributed by atoms with Crippen LogP contribution in [0.25, 0.3) is 0 Å². The van der Waals surface area contributed by atoms with Gasteiger partial charge in [0.25, 0.3) is 0 Å². The SMILES string of the molecule is C.C=CC(=O)OC1COC(c2ccccc2)OC1.OC1COC(c2ccccc2)OC1. The summed E-state index contributed by atoms with van der Waals surface area (Å²) in [4.78, 5) is 11.0. The number of carbonyl (C=O) groups is 1. The van der Waals surface area contributed by atoms with Crippen molar-refractivity contribution in [1.29, 1.82) is 0 Å². The molecule has 0 radical (unpaired) electrons. The van der Waals surface area contributed by atoms with Crippen molar-refractivity contribution in [1.82, 2.24) is 0 Å². The number of carbonyl (C=O) groups excluding carboxylic acids is 1. The Bertz CT molecular complexity index is 765. The van der Waals surface area contributed by atoms with Crippen LogP contribution in [-0.2, 0) is 28.5 Å². The fourth-order valence-corrected chi connectivity index (χ4v) is 2.86. The van der Waals surface area contributed by atoms with E-state index >= 15 is 0 Å². The zero-order chi connectivity index (χ0) is 21.2. The Morgan fingerprint density at radius 1 is 0.839 bits per heavy atom. The standard InChI is InChI=1S/C13H14O4.C10H12O3.CH4/c1-2-12(14)17-11-8-15-13(16-9-11)10-6-4-3-5-7-10;11-9-6-12-10(13-7-9)8-4-2-1-3-5-8;/h2-7,11,13H,1,8-9H2;1-5,9-11H,6-7H2;1H4. The van der Waals surface area contributed by atoms with E-state index in [4.69, 9.17) is 28.8 Å². The fraction of sp³-hybridized carbons (Fsp3) is 0.375. The summed E-state index contributed by atoms with van der Waals surface area (Å²) in [5, 5.41) is 9.12. The van der Waals surface area contributed by atoms with Gasteiger partial charge in [-0.2, -0.15) is 0 Å². The molecule has 2 aliphatic heterocycles. The Balaban J connectivity index is 0.000000220. The molecule has 2 aliphatic rings. The zero-order valence-electron chi connectivity index (χ0n) is 16.6. The molecule has 7 heteroatoms. The van der Waals surface area contributed by atoms with Crippen molar-refractivity contribution in [2.24, 2.45) is 0 Å². The average molecular weight is 430 g/mol. The van der Waals surface area contributed by atoms with E-state index in [1.807, 2.05) is 60.7 Å². The van der Waals surface area contributed by atoms with Crippen molar-refractivity contribution in [2.75, 3.05) is 26.4 Å². The number of ether oxygens (including phenoxy) is 5. The lowest BCUT2D eigenvalue weighted by atomic mass is 10.2. The van der Waals surface area contributed by atoms with Gasteiger partial charge in [0.2, 0.25) is 0 Å². The molecule has 2 heterocycles. The first-order valence-corrected chi connectivity index (χ1v) is 9.73. The largest absolute Gasteiger partial charge is 0.454 e. The maximum atomic E-state index is 11.0. The molecule has 2 aromatic carbocycles. The Morgan fingerprint density at radius 2 is 1.26 bits per heavy atom. The van der Waals surface area contributed by atoms with E-state index in [0.29, 0.717) is 26.4 Å². The van der Waals surface area contributed by atoms with Crippen LogP contribution in [0.5, 0.6) is 0 Å². The molecule has 168 valence electrons. The molecule has 0 aliphatic carbocycles. The summed E-state index contributed by atoms with van der Waals surface area (Å²) in [7, 11) is 0. The van der Waals surface area contributed by atoms with Crippen molar-refractivity contribution >= 4 is 5.97 Å². The van der Waals surface area contributed by atoms with Gasteiger partial charge in [-0.15, -0.1) is 0 Å². The van der Waals surface area contributed by atoms with Gasteiger partial charge in [-0.05, 0) is 0 Å². The topological polar surface area (TPSA) is 83.5 Å². The van der Waals surface area contributed by atoms with Crippen LogP contribution in [0.2, 0.25) is 0 Å². The maximum Gasteiger partial charge on any atom is 0.330 e. The Labute approximate surface area is 183 Å². The molecule has 0 atom stereocenters. The fourth-order valence-electron chi connectivity index (χ4n) is 2.86. The summed E-state index contributed by atoms with van der Waals surface area (Å²) in [5.74, 6) is -0.458. The lowest BCUT2D eigenvalue weighted by Gasteiger charge is -2.29. The van der Waals surface area contributed by atoms with Gasteiger partial charge in [-0.25, -0.2) is 4.79 Å². The van der Waals surface area contributed by atoms with Crippen molar-refractivity contribution in [3.63, 3.8) is 0 Å². The van der Waals surface area contributed by atoms with Crippen LogP contribution >= 0.6 is 0 Å². The van der Waals surface area contributed by atoms with Crippen LogP contribution in [0, 0.1) is 0 Å². The van der Waals surface area contributed by atoms with Crippen molar-refractivity contribution in [3.8, 4) is 0 Å². The molecule has 0 saturated carbocycles. The first-order chi connectivity index (χ1) is 14.7. The van der Waals surface area contributed by atoms with E-state index in [-0.39, 0.29) is 26.1 Å². The maximum absolute atomic E-state index is 11.0. The molecule has 0 spiro atoms. The summed E-state index contributed by atoms with van der Waals surface area (Å²) >= 11 is 0. The third-order valence-electron chi connectivity index (χ3n) is 4.34. The van der Waals surface area contributed by atoms with Crippen molar-refractivity contribution in [2.45, 2.75) is 32.2 Å². The first-order valence-electron chi connectivity index (χ1n) is 9.73. The molecule has 2 aromatic rings. The number of aliphatic hydroxyl groups excluding tert-OH is 1. The number of rotatable bonds is 4. The second kappa shape index (κ2) is 13.0. The van der Waals surface area contributed by atoms with Gasteiger partial charge in [0, 0.05) is 17.2 Å². The molecule has 7 nitrogen and oxygen atoms in total. The van der Waals surface area contributed by atoms with Crippen LogP contribution in [0.4, 0.5) is 0 Å². The summed E-state index contributed by atoms with van der Waals surface area (Å²) in [6, 6.07) is 19.4. The molecular formula is C24H30O7. The van der Waals surface area contributed by atoms with E-state index < -0.39 is 12.1 Å². The molecule has 0 aromatic heterocycles. The molecule has 2 fully saturated rings. The Kier molecular flexibility index (Phi) is 10.4. The quantitative estimate of drug-likeness (QED) is 0.587. The number of aliphatic hydroxyl groups is 1. The molecule has 0 amide bonds. The van der Waals surface area contributed by atoms with E-state index in [1.165, 1.54) is 0 Å². The molecule has 2 saturated heterocycles. The van der Waals surface area contributed by atoms with Crippen LogP contribution in [-0.4, -0.2) is 49.7 Å². The number of esters is 1. The van der Waals surface area contributed by atoms with Crippen molar-refractivity contribution in [3.05, 3.63) is 84.4 Å². The predicted octanol–water partition coefficient (Wildman–Crippen LogP) is 3.56. The first kappa shape index (κ1) is 24.7. The Morgan fingerprint density at radius 3 is 1.68 bits per heavy atom. The van der Waals surface area contributed by atoms with E-state index in [0.717, 1.165) is 17.2 Å². The summed E-state index contributed by atoms with van der Waals surface area (Å²) in [5.41, 5.74) is 1.95. The molecule has 31 heavy (non-hydrogen) atoms. The highest BCUT2D eigenvalue weighted by molar-refractivity contribution is 5.81. The predicted molar refractivity (Wildman–Crippen MR) is 115 cm³/mol. The second-order valence-corrected chi connectivity index (χ2v) is 6.74. The lowest BCUT2D eigenvalue weighted by Crippen LogP contribution is -2.34. The third-order valence-corrected chi connectivity index (χ3v) is 4.34. The summed E-state index contributed by atoms with van der Waals surface area (Å²) < 4.78 is 26.6. The minimum absolute atomic E-state index is 0. The van der Waals surface area contributed by atoms with Gasteiger partial charge < -0.3 is 28.8 Å².